The van der Waals surface area contributed by atoms with Crippen molar-refractivity contribution in [1.82, 2.24) is 5.32 Å². The zero-order valence-corrected chi connectivity index (χ0v) is 23.6. The van der Waals surface area contributed by atoms with E-state index in [1.165, 1.54) is 49.6 Å². The second-order valence-corrected chi connectivity index (χ2v) is 9.58. The first-order valence-corrected chi connectivity index (χ1v) is 13.2. The maximum Gasteiger partial charge on any atom is 0.335 e. The molecule has 4 rings (SSSR count). The summed E-state index contributed by atoms with van der Waals surface area (Å²) in [7, 11) is 1.43. The fourth-order valence-electron chi connectivity index (χ4n) is 3.81. The van der Waals surface area contributed by atoms with E-state index in [2.05, 4.69) is 26.6 Å². The number of rotatable bonds is 10. The minimum atomic E-state index is -0.926. The number of nitrogens with one attached hydrogen (secondary N) is 2. The maximum absolute atomic E-state index is 13.5. The van der Waals surface area contributed by atoms with Crippen LogP contribution in [0.3, 0.4) is 0 Å². The highest BCUT2D eigenvalue weighted by Crippen LogP contribution is 2.34. The first kappa shape index (κ1) is 29.3. The Kier molecular flexibility index (Phi) is 9.35. The molecular weight excluding hydrogens is 601 g/mol. The van der Waals surface area contributed by atoms with Gasteiger partial charge < -0.3 is 19.5 Å². The highest BCUT2D eigenvalue weighted by Gasteiger charge is 2.37. The SMILES string of the molecule is CCCOc1ccc(N2C(=O)NC(=O)/C(=C/c3cc(Br)ccc3OCC(=O)Nc3ccc(F)cc3)C2=O)cc1OC. The number of benzene rings is 3. The van der Waals surface area contributed by atoms with Crippen LogP contribution in [0.4, 0.5) is 20.6 Å². The van der Waals surface area contributed by atoms with Crippen molar-refractivity contribution in [3.63, 3.8) is 0 Å². The fraction of sp³-hybridized carbons (Fsp3) is 0.172. The molecular formula is C29H25BrFN3O7. The molecule has 0 unspecified atom stereocenters. The van der Waals surface area contributed by atoms with Gasteiger partial charge in [-0.2, -0.15) is 0 Å². The molecule has 0 spiro atoms. The first-order chi connectivity index (χ1) is 19.7. The minimum absolute atomic E-state index is 0.162. The summed E-state index contributed by atoms with van der Waals surface area (Å²) in [4.78, 5) is 52.1. The Morgan fingerprint density at radius 2 is 1.73 bits per heavy atom. The van der Waals surface area contributed by atoms with Gasteiger partial charge in [0.2, 0.25) is 0 Å². The van der Waals surface area contributed by atoms with Gasteiger partial charge in [-0.1, -0.05) is 22.9 Å². The molecule has 41 heavy (non-hydrogen) atoms. The number of urea groups is 1. The summed E-state index contributed by atoms with van der Waals surface area (Å²) in [6.07, 6.45) is 2.04. The van der Waals surface area contributed by atoms with E-state index < -0.39 is 36.2 Å². The Balaban J connectivity index is 1.58. The van der Waals surface area contributed by atoms with E-state index in [-0.39, 0.29) is 17.0 Å². The van der Waals surface area contributed by atoms with Crippen molar-refractivity contribution in [2.24, 2.45) is 0 Å². The number of halogens is 2. The molecule has 2 N–H and O–H groups in total. The van der Waals surface area contributed by atoms with Gasteiger partial charge in [0.25, 0.3) is 17.7 Å². The number of nitrogens with zero attached hydrogens (tertiary/aromatic N) is 1. The lowest BCUT2D eigenvalue weighted by Gasteiger charge is -2.27. The lowest BCUT2D eigenvalue weighted by atomic mass is 10.1. The van der Waals surface area contributed by atoms with E-state index >= 15 is 0 Å². The van der Waals surface area contributed by atoms with Crippen LogP contribution < -0.4 is 29.7 Å². The Morgan fingerprint density at radius 1 is 1.00 bits per heavy atom. The van der Waals surface area contributed by atoms with Gasteiger partial charge in [-0.05, 0) is 67.1 Å². The Hall–Kier alpha value is -4.71. The van der Waals surface area contributed by atoms with E-state index in [4.69, 9.17) is 14.2 Å². The largest absolute Gasteiger partial charge is 0.493 e. The Bertz CT molecular complexity index is 1530. The highest BCUT2D eigenvalue weighted by molar-refractivity contribution is 9.10. The average molecular weight is 626 g/mol. The molecule has 3 aromatic rings. The van der Waals surface area contributed by atoms with E-state index in [0.717, 1.165) is 11.3 Å². The summed E-state index contributed by atoms with van der Waals surface area (Å²) in [5.74, 6) is -1.78. The van der Waals surface area contributed by atoms with Crippen LogP contribution in [0.15, 0.2) is 70.7 Å². The third kappa shape index (κ3) is 7.09. The number of amides is 5. The molecule has 0 saturated carbocycles. The van der Waals surface area contributed by atoms with E-state index in [1.54, 1.807) is 24.3 Å². The quantitative estimate of drug-likeness (QED) is 0.238. The highest BCUT2D eigenvalue weighted by atomic mass is 79.9. The van der Waals surface area contributed by atoms with E-state index in [9.17, 15) is 23.6 Å². The van der Waals surface area contributed by atoms with E-state index in [1.807, 2.05) is 6.92 Å². The predicted molar refractivity (Wildman–Crippen MR) is 152 cm³/mol. The molecule has 1 saturated heterocycles. The third-order valence-electron chi connectivity index (χ3n) is 5.73. The number of ether oxygens (including phenoxy) is 3. The molecule has 12 heteroatoms. The van der Waals surface area contributed by atoms with Crippen molar-refractivity contribution in [3.8, 4) is 17.2 Å². The zero-order chi connectivity index (χ0) is 29.5. The second-order valence-electron chi connectivity index (χ2n) is 8.67. The van der Waals surface area contributed by atoms with Gasteiger partial charge in [0, 0.05) is 21.8 Å². The van der Waals surface area contributed by atoms with Crippen LogP contribution in [0.1, 0.15) is 18.9 Å². The fourth-order valence-corrected chi connectivity index (χ4v) is 4.19. The van der Waals surface area contributed by atoms with Crippen molar-refractivity contribution < 1.29 is 37.8 Å². The topological polar surface area (TPSA) is 123 Å². The number of carbonyl (C=O) groups excluding carboxylic acids is 4. The van der Waals surface area contributed by atoms with Gasteiger partial charge in [-0.25, -0.2) is 14.1 Å². The van der Waals surface area contributed by atoms with Gasteiger partial charge in [0.15, 0.2) is 18.1 Å². The van der Waals surface area contributed by atoms with Crippen molar-refractivity contribution in [3.05, 3.63) is 82.1 Å². The standard InChI is InChI=1S/C29H25BrFN3O7/c1-3-12-40-24-11-9-21(15-25(24)39-2)34-28(37)22(27(36)33-29(34)38)14-17-13-18(30)4-10-23(17)41-16-26(35)32-20-7-5-19(31)6-8-20/h4-11,13-15H,3,12,16H2,1-2H3,(H,32,35)(H,33,36,38)/b22-14-. The predicted octanol–water partition coefficient (Wildman–Crippen LogP) is 5.07. The molecule has 5 amide bonds. The van der Waals surface area contributed by atoms with Gasteiger partial charge in [0.1, 0.15) is 17.1 Å². The molecule has 3 aromatic carbocycles. The van der Waals surface area contributed by atoms with Crippen LogP contribution in [-0.4, -0.2) is 44.1 Å². The number of hydrogen-bond acceptors (Lipinski definition) is 7. The van der Waals surface area contributed by atoms with Crippen LogP contribution >= 0.6 is 15.9 Å². The Morgan fingerprint density at radius 3 is 2.44 bits per heavy atom. The minimum Gasteiger partial charge on any atom is -0.493 e. The molecule has 0 bridgehead atoms. The van der Waals surface area contributed by atoms with Crippen LogP contribution in [-0.2, 0) is 14.4 Å². The third-order valence-corrected chi connectivity index (χ3v) is 6.22. The molecule has 1 aliphatic rings. The zero-order valence-electron chi connectivity index (χ0n) is 22.0. The molecule has 212 valence electrons. The van der Waals surface area contributed by atoms with Gasteiger partial charge in [-0.15, -0.1) is 0 Å². The van der Waals surface area contributed by atoms with Crippen LogP contribution in [0.2, 0.25) is 0 Å². The monoisotopic (exact) mass is 625 g/mol. The lowest BCUT2D eigenvalue weighted by Crippen LogP contribution is -2.54. The molecule has 0 aromatic heterocycles. The van der Waals surface area contributed by atoms with Crippen molar-refractivity contribution >= 4 is 57.1 Å². The Labute approximate surface area is 243 Å². The van der Waals surface area contributed by atoms with Crippen molar-refractivity contribution in [2.45, 2.75) is 13.3 Å². The average Bonchev–Trinajstić information content (AvgIpc) is 2.95. The number of carbonyl (C=O) groups is 4. The summed E-state index contributed by atoms with van der Waals surface area (Å²) < 4.78 is 30.4. The first-order valence-electron chi connectivity index (χ1n) is 12.4. The maximum atomic E-state index is 13.5. The van der Waals surface area contributed by atoms with Crippen molar-refractivity contribution in [2.75, 3.05) is 30.5 Å². The number of methoxy groups -OCH3 is 1. The smallest absolute Gasteiger partial charge is 0.335 e. The number of anilines is 2. The van der Waals surface area contributed by atoms with Crippen LogP contribution in [0.25, 0.3) is 6.08 Å². The van der Waals surface area contributed by atoms with Gasteiger partial charge >= 0.3 is 6.03 Å². The van der Waals surface area contributed by atoms with Crippen LogP contribution in [0.5, 0.6) is 17.2 Å². The molecule has 0 atom stereocenters. The number of imide groups is 2. The summed E-state index contributed by atoms with van der Waals surface area (Å²) in [5, 5.41) is 4.76. The van der Waals surface area contributed by atoms with E-state index in [0.29, 0.717) is 33.8 Å². The number of hydrogen-bond donors (Lipinski definition) is 2. The number of barbiturate groups is 1. The molecule has 0 aliphatic carbocycles. The van der Waals surface area contributed by atoms with Crippen LogP contribution in [0, 0.1) is 5.82 Å². The summed E-state index contributed by atoms with van der Waals surface area (Å²) >= 11 is 3.35. The van der Waals surface area contributed by atoms with Gasteiger partial charge in [-0.3, -0.25) is 19.7 Å². The molecule has 10 nitrogen and oxygen atoms in total. The molecule has 1 fully saturated rings. The summed E-state index contributed by atoms with van der Waals surface area (Å²) in [6, 6.07) is 13.6. The second kappa shape index (κ2) is 13.1. The van der Waals surface area contributed by atoms with Crippen molar-refractivity contribution in [1.29, 1.82) is 0 Å². The molecule has 0 radical (unpaired) electrons. The van der Waals surface area contributed by atoms with Gasteiger partial charge in [0.05, 0.1) is 19.4 Å². The molecule has 1 heterocycles. The molecule has 1 aliphatic heterocycles. The normalized spacial score (nSPS) is 14.1. The lowest BCUT2D eigenvalue weighted by molar-refractivity contribution is -0.122. The summed E-state index contributed by atoms with van der Waals surface area (Å²) in [6.45, 7) is 1.99. The summed E-state index contributed by atoms with van der Waals surface area (Å²) in [5.41, 5.74) is 0.500.